The summed E-state index contributed by atoms with van der Waals surface area (Å²) in [6, 6.07) is 8.59. The zero-order chi connectivity index (χ0) is 25.4. The zero-order valence-corrected chi connectivity index (χ0v) is 22.2. The van der Waals surface area contributed by atoms with E-state index in [4.69, 9.17) is 10.7 Å². The highest BCUT2D eigenvalue weighted by Gasteiger charge is 2.23. The smallest absolute Gasteiger partial charge is 0.222 e. The third kappa shape index (κ3) is 4.60. The summed E-state index contributed by atoms with van der Waals surface area (Å²) in [5, 5.41) is 9.14. The lowest BCUT2D eigenvalue weighted by Gasteiger charge is -2.32. The Balaban J connectivity index is 1.42. The molecule has 3 aromatic heterocycles. The molecule has 1 saturated heterocycles. The summed E-state index contributed by atoms with van der Waals surface area (Å²) in [5.41, 5.74) is 12.8. The van der Waals surface area contributed by atoms with Gasteiger partial charge in [-0.2, -0.15) is 9.61 Å². The number of rotatable bonds is 6. The third-order valence-corrected chi connectivity index (χ3v) is 7.75. The van der Waals surface area contributed by atoms with Crippen molar-refractivity contribution in [2.45, 2.75) is 45.7 Å². The lowest BCUT2D eigenvalue weighted by atomic mass is 10.0. The Labute approximate surface area is 218 Å². The molecule has 1 fully saturated rings. The number of anilines is 1. The Morgan fingerprint density at radius 3 is 2.75 bits per heavy atom. The molecule has 4 aromatic rings. The van der Waals surface area contributed by atoms with E-state index in [1.165, 1.54) is 0 Å². The second-order valence-corrected chi connectivity index (χ2v) is 10.1. The number of carbonyl (C=O) groups is 1. The number of piperidine rings is 1. The summed E-state index contributed by atoms with van der Waals surface area (Å²) in [5.74, 6) is 0.730. The van der Waals surface area contributed by atoms with E-state index in [-0.39, 0.29) is 5.91 Å². The van der Waals surface area contributed by atoms with Gasteiger partial charge in [0.15, 0.2) is 5.65 Å². The molecule has 5 rings (SSSR count). The molecule has 0 spiro atoms. The molecule has 36 heavy (non-hydrogen) atoms. The Morgan fingerprint density at radius 2 is 2.03 bits per heavy atom. The van der Waals surface area contributed by atoms with Crippen molar-refractivity contribution in [2.24, 2.45) is 0 Å². The van der Waals surface area contributed by atoms with Gasteiger partial charge in [0.1, 0.15) is 5.82 Å². The number of amides is 1. The summed E-state index contributed by atoms with van der Waals surface area (Å²) in [6.45, 7) is 10.1. The van der Waals surface area contributed by atoms with Gasteiger partial charge in [0.05, 0.1) is 21.9 Å². The van der Waals surface area contributed by atoms with E-state index < -0.39 is 0 Å². The van der Waals surface area contributed by atoms with Crippen LogP contribution in [0.5, 0.6) is 0 Å². The number of likely N-dealkylation sites (tertiary alicyclic amines) is 1. The first-order valence-electron chi connectivity index (χ1n) is 12.2. The molecule has 0 atom stereocenters. The Morgan fingerprint density at radius 1 is 1.25 bits per heavy atom. The van der Waals surface area contributed by atoms with Crippen LogP contribution in [0.15, 0.2) is 47.7 Å². The van der Waals surface area contributed by atoms with Crippen molar-refractivity contribution in [3.05, 3.63) is 59.0 Å². The molecule has 1 aliphatic rings. The van der Waals surface area contributed by atoms with Crippen LogP contribution in [0.4, 0.5) is 5.82 Å². The van der Waals surface area contributed by atoms with Crippen LogP contribution in [0, 0.1) is 0 Å². The number of carbonyl (C=O) groups excluding carboxylic acids is 1. The minimum absolute atomic E-state index is 0.225. The van der Waals surface area contributed by atoms with E-state index >= 15 is 0 Å². The molecule has 186 valence electrons. The number of pyridine rings is 1. The van der Waals surface area contributed by atoms with Crippen LogP contribution in [0.2, 0.25) is 0 Å². The number of aromatic nitrogens is 4. The number of fused-ring (bicyclic) bond motifs is 2. The maximum atomic E-state index is 12.0. The standard InChI is InChI=1S/C27H30BrN7O/c1-4-24(36)34-9-7-20(8-10-34)30-15-23-25(28)26(29)35-27(33-23)21(14-32-35)19-12-18-11-17(16(2)3)5-6-22(18)31-13-19/h5-6,11-14,20,30H,2,4,7-10,15,29H2,1,3H3. The van der Waals surface area contributed by atoms with Crippen molar-refractivity contribution in [3.63, 3.8) is 0 Å². The van der Waals surface area contributed by atoms with Crippen LogP contribution in [0.1, 0.15) is 44.4 Å². The molecule has 9 heteroatoms. The maximum absolute atomic E-state index is 12.0. The van der Waals surface area contributed by atoms with Gasteiger partial charge in [-0.1, -0.05) is 25.1 Å². The number of halogens is 1. The number of hydrogen-bond acceptors (Lipinski definition) is 6. The lowest BCUT2D eigenvalue weighted by molar-refractivity contribution is -0.131. The summed E-state index contributed by atoms with van der Waals surface area (Å²) in [4.78, 5) is 23.5. The number of benzene rings is 1. The molecule has 0 bridgehead atoms. The molecule has 8 nitrogen and oxygen atoms in total. The van der Waals surface area contributed by atoms with Crippen LogP contribution >= 0.6 is 15.9 Å². The predicted octanol–water partition coefficient (Wildman–Crippen LogP) is 4.81. The van der Waals surface area contributed by atoms with Gasteiger partial charge in [-0.15, -0.1) is 0 Å². The van der Waals surface area contributed by atoms with E-state index in [0.717, 1.165) is 69.3 Å². The quantitative estimate of drug-likeness (QED) is 0.359. The molecule has 0 saturated carbocycles. The first kappa shape index (κ1) is 24.4. The first-order chi connectivity index (χ1) is 17.4. The minimum atomic E-state index is 0.225. The average molecular weight is 548 g/mol. The number of allylic oxidation sites excluding steroid dienone is 1. The van der Waals surface area contributed by atoms with E-state index in [9.17, 15) is 4.79 Å². The molecule has 0 radical (unpaired) electrons. The van der Waals surface area contributed by atoms with Gasteiger partial charge in [0.2, 0.25) is 5.91 Å². The van der Waals surface area contributed by atoms with Crippen molar-refractivity contribution in [2.75, 3.05) is 18.8 Å². The molecule has 0 aliphatic carbocycles. The fraction of sp³-hybridized carbons (Fsp3) is 0.333. The van der Waals surface area contributed by atoms with E-state index in [1.54, 1.807) is 10.7 Å². The van der Waals surface area contributed by atoms with Crippen LogP contribution < -0.4 is 11.1 Å². The molecular weight excluding hydrogens is 518 g/mol. The zero-order valence-electron chi connectivity index (χ0n) is 20.6. The molecule has 3 N–H and O–H groups in total. The van der Waals surface area contributed by atoms with Crippen molar-refractivity contribution >= 4 is 49.8 Å². The summed E-state index contributed by atoms with van der Waals surface area (Å²) >= 11 is 3.62. The van der Waals surface area contributed by atoms with Crippen LogP contribution in [-0.4, -0.2) is 49.5 Å². The molecule has 4 heterocycles. The Hall–Kier alpha value is -3.30. The van der Waals surface area contributed by atoms with Gasteiger partial charge < -0.3 is 16.0 Å². The van der Waals surface area contributed by atoms with E-state index in [1.807, 2.05) is 37.1 Å². The fourth-order valence-corrected chi connectivity index (χ4v) is 5.10. The summed E-state index contributed by atoms with van der Waals surface area (Å²) in [6.07, 6.45) is 6.04. The first-order valence-corrected chi connectivity index (χ1v) is 13.0. The molecule has 1 amide bonds. The largest absolute Gasteiger partial charge is 0.383 e. The van der Waals surface area contributed by atoms with Gasteiger partial charge in [-0.05, 0) is 59.5 Å². The van der Waals surface area contributed by atoms with Gasteiger partial charge >= 0.3 is 0 Å². The number of nitrogen functional groups attached to an aromatic ring is 1. The van der Waals surface area contributed by atoms with Gasteiger partial charge in [-0.3, -0.25) is 9.78 Å². The molecular formula is C27H30BrN7O. The second kappa shape index (κ2) is 9.99. The molecule has 0 unspecified atom stereocenters. The lowest BCUT2D eigenvalue weighted by Crippen LogP contribution is -2.44. The number of nitrogens with one attached hydrogen (secondary N) is 1. The van der Waals surface area contributed by atoms with Gasteiger partial charge in [-0.25, -0.2) is 4.98 Å². The summed E-state index contributed by atoms with van der Waals surface area (Å²) in [7, 11) is 0. The van der Waals surface area contributed by atoms with Gasteiger partial charge in [0, 0.05) is 54.8 Å². The predicted molar refractivity (Wildman–Crippen MR) is 147 cm³/mol. The van der Waals surface area contributed by atoms with Crippen molar-refractivity contribution in [1.29, 1.82) is 0 Å². The van der Waals surface area contributed by atoms with Crippen molar-refractivity contribution < 1.29 is 4.79 Å². The Bertz CT molecular complexity index is 1470. The highest BCUT2D eigenvalue weighted by atomic mass is 79.9. The Kier molecular flexibility index (Phi) is 6.77. The van der Waals surface area contributed by atoms with E-state index in [2.05, 4.69) is 50.0 Å². The number of hydrogen-bond donors (Lipinski definition) is 2. The second-order valence-electron chi connectivity index (χ2n) is 9.35. The van der Waals surface area contributed by atoms with Gasteiger partial charge in [0.25, 0.3) is 0 Å². The third-order valence-electron chi connectivity index (χ3n) is 6.88. The average Bonchev–Trinajstić information content (AvgIpc) is 3.33. The van der Waals surface area contributed by atoms with Crippen LogP contribution in [0.25, 0.3) is 33.3 Å². The number of nitrogens with two attached hydrogens (primary N) is 1. The normalized spacial score (nSPS) is 14.6. The monoisotopic (exact) mass is 547 g/mol. The number of nitrogens with zero attached hydrogens (tertiary/aromatic N) is 5. The van der Waals surface area contributed by atoms with Crippen molar-refractivity contribution in [3.8, 4) is 11.1 Å². The summed E-state index contributed by atoms with van der Waals surface area (Å²) < 4.78 is 2.39. The molecule has 1 aliphatic heterocycles. The maximum Gasteiger partial charge on any atom is 0.222 e. The molecule has 1 aromatic carbocycles. The highest BCUT2D eigenvalue weighted by molar-refractivity contribution is 9.10. The highest BCUT2D eigenvalue weighted by Crippen LogP contribution is 2.31. The van der Waals surface area contributed by atoms with Crippen LogP contribution in [0.3, 0.4) is 0 Å². The minimum Gasteiger partial charge on any atom is -0.383 e. The fourth-order valence-electron chi connectivity index (χ4n) is 4.71. The van der Waals surface area contributed by atoms with E-state index in [0.29, 0.717) is 30.5 Å². The van der Waals surface area contributed by atoms with Crippen molar-refractivity contribution in [1.82, 2.24) is 29.8 Å². The topological polar surface area (TPSA) is 101 Å². The van der Waals surface area contributed by atoms with Crippen LogP contribution in [-0.2, 0) is 11.3 Å². The SMILES string of the molecule is C=C(C)c1ccc2ncc(-c3cnn4c(N)c(Br)c(CNC5CCN(C(=O)CC)CC5)nc34)cc2c1.